The van der Waals surface area contributed by atoms with Gasteiger partial charge in [-0.15, -0.1) is 0 Å². The van der Waals surface area contributed by atoms with Crippen molar-refractivity contribution in [3.05, 3.63) is 35.9 Å². The lowest BCUT2D eigenvalue weighted by molar-refractivity contribution is 0.112. The van der Waals surface area contributed by atoms with E-state index in [1.54, 1.807) is 12.1 Å². The monoisotopic (exact) mass is 196 g/mol. The molecule has 0 aromatic heterocycles. The third-order valence-electron chi connectivity index (χ3n) is 0.936. The summed E-state index contributed by atoms with van der Waals surface area (Å²) < 4.78 is 0. The molecule has 0 fully saturated rings. The average molecular weight is 196 g/mol. The molecule has 1 aromatic rings. The lowest BCUT2D eigenvalue weighted by Gasteiger charge is -1.81. The van der Waals surface area contributed by atoms with Crippen molar-refractivity contribution in [2.24, 2.45) is 0 Å². The van der Waals surface area contributed by atoms with Crippen LogP contribution in [0.15, 0.2) is 30.3 Å². The smallest absolute Gasteiger partial charge is 0.150 e. The molecule has 0 saturated heterocycles. The normalized spacial score (nSPS) is 6.14. The van der Waals surface area contributed by atoms with Gasteiger partial charge in [-0.3, -0.25) is 4.79 Å². The standard InChI is InChI=1S/C7H6O.3C2H6/c8-6-7-4-2-1-3-5-7;3*1-2/h1-6H;3*1-2H3. The Bertz CT molecular complexity index is 168. The van der Waals surface area contributed by atoms with Crippen LogP contribution in [0.2, 0.25) is 0 Å². The number of hydrogen-bond donors (Lipinski definition) is 0. The summed E-state index contributed by atoms with van der Waals surface area (Å²) in [5.41, 5.74) is 0.729. The fourth-order valence-corrected chi connectivity index (χ4v) is 0.532. The molecule has 0 unspecified atom stereocenters. The molecule has 1 nitrogen and oxygen atoms in total. The van der Waals surface area contributed by atoms with Gasteiger partial charge in [0.1, 0.15) is 6.29 Å². The Hall–Kier alpha value is -1.11. The molecule has 0 heterocycles. The quantitative estimate of drug-likeness (QED) is 0.601. The minimum atomic E-state index is 0.729. The second kappa shape index (κ2) is 22.7. The third kappa shape index (κ3) is 13.5. The van der Waals surface area contributed by atoms with Crippen molar-refractivity contribution >= 4 is 6.29 Å². The summed E-state index contributed by atoms with van der Waals surface area (Å²) in [4.78, 5) is 10.0. The highest BCUT2D eigenvalue weighted by Crippen LogP contribution is 1.91. The molecule has 0 saturated carbocycles. The van der Waals surface area contributed by atoms with Crippen molar-refractivity contribution in [3.8, 4) is 0 Å². The van der Waals surface area contributed by atoms with Gasteiger partial charge in [-0.1, -0.05) is 71.9 Å². The number of benzene rings is 1. The van der Waals surface area contributed by atoms with E-state index in [9.17, 15) is 4.79 Å². The van der Waals surface area contributed by atoms with E-state index in [2.05, 4.69) is 0 Å². The van der Waals surface area contributed by atoms with Crippen molar-refractivity contribution in [2.75, 3.05) is 0 Å². The largest absolute Gasteiger partial charge is 0.298 e. The Labute approximate surface area is 89.2 Å². The zero-order valence-electron chi connectivity index (χ0n) is 10.4. The Morgan fingerprint density at radius 2 is 1.14 bits per heavy atom. The number of carbonyl (C=O) groups excluding carboxylic acids is 1. The summed E-state index contributed by atoms with van der Waals surface area (Å²) in [6.07, 6.45) is 0.833. The number of aldehydes is 1. The van der Waals surface area contributed by atoms with Gasteiger partial charge >= 0.3 is 0 Å². The van der Waals surface area contributed by atoms with Crippen LogP contribution in [0.5, 0.6) is 0 Å². The van der Waals surface area contributed by atoms with Gasteiger partial charge in [-0.2, -0.15) is 0 Å². The van der Waals surface area contributed by atoms with Crippen LogP contribution >= 0.6 is 0 Å². The van der Waals surface area contributed by atoms with E-state index in [4.69, 9.17) is 0 Å². The van der Waals surface area contributed by atoms with Crippen LogP contribution in [-0.2, 0) is 0 Å². The molecule has 0 bridgehead atoms. The predicted octanol–water partition coefficient (Wildman–Crippen LogP) is 4.58. The third-order valence-corrected chi connectivity index (χ3v) is 0.936. The minimum Gasteiger partial charge on any atom is -0.298 e. The Balaban J connectivity index is -0.000000174. The maximum Gasteiger partial charge on any atom is 0.150 e. The van der Waals surface area contributed by atoms with Crippen molar-refractivity contribution in [1.82, 2.24) is 0 Å². The van der Waals surface area contributed by atoms with Gasteiger partial charge in [0.25, 0.3) is 0 Å². The summed E-state index contributed by atoms with van der Waals surface area (Å²) in [5, 5.41) is 0. The molecule has 0 atom stereocenters. The molecule has 0 amide bonds. The molecule has 1 rings (SSSR count). The summed E-state index contributed by atoms with van der Waals surface area (Å²) in [5.74, 6) is 0. The molecule has 0 aliphatic heterocycles. The van der Waals surface area contributed by atoms with Crippen LogP contribution in [0.1, 0.15) is 51.9 Å². The Morgan fingerprint density at radius 1 is 0.786 bits per heavy atom. The first-order valence-electron chi connectivity index (χ1n) is 5.44. The number of hydrogen-bond acceptors (Lipinski definition) is 1. The second-order valence-corrected chi connectivity index (χ2v) is 1.53. The van der Waals surface area contributed by atoms with Gasteiger partial charge in [0.15, 0.2) is 0 Å². The van der Waals surface area contributed by atoms with Crippen LogP contribution in [0, 0.1) is 0 Å². The van der Waals surface area contributed by atoms with Gasteiger partial charge in [0.05, 0.1) is 0 Å². The first-order valence-corrected chi connectivity index (χ1v) is 5.44. The molecule has 0 aliphatic carbocycles. The van der Waals surface area contributed by atoms with Crippen LogP contribution in [0.4, 0.5) is 0 Å². The van der Waals surface area contributed by atoms with Gasteiger partial charge in [-0.25, -0.2) is 0 Å². The van der Waals surface area contributed by atoms with E-state index in [1.807, 2.05) is 59.7 Å². The van der Waals surface area contributed by atoms with Crippen molar-refractivity contribution in [2.45, 2.75) is 41.5 Å². The highest BCUT2D eigenvalue weighted by atomic mass is 16.1. The van der Waals surface area contributed by atoms with Crippen molar-refractivity contribution < 1.29 is 4.79 Å². The fraction of sp³-hybridized carbons (Fsp3) is 0.462. The molecule has 0 aliphatic rings. The van der Waals surface area contributed by atoms with E-state index >= 15 is 0 Å². The van der Waals surface area contributed by atoms with E-state index in [0.29, 0.717) is 0 Å². The molecule has 82 valence electrons. The van der Waals surface area contributed by atoms with E-state index < -0.39 is 0 Å². The van der Waals surface area contributed by atoms with Gasteiger partial charge in [-0.05, 0) is 0 Å². The predicted molar refractivity (Wildman–Crippen MR) is 65.9 cm³/mol. The zero-order valence-corrected chi connectivity index (χ0v) is 10.4. The van der Waals surface area contributed by atoms with E-state index in [1.165, 1.54) is 0 Å². The van der Waals surface area contributed by atoms with Crippen LogP contribution < -0.4 is 0 Å². The highest BCUT2D eigenvalue weighted by molar-refractivity contribution is 5.74. The lowest BCUT2D eigenvalue weighted by Crippen LogP contribution is -1.73. The summed E-state index contributed by atoms with van der Waals surface area (Å²) in [6.45, 7) is 12.0. The Morgan fingerprint density at radius 3 is 1.36 bits per heavy atom. The van der Waals surface area contributed by atoms with Gasteiger partial charge in [0, 0.05) is 5.56 Å². The SMILES string of the molecule is CC.CC.CC.O=Cc1ccccc1. The Kier molecular flexibility index (Phi) is 30.1. The highest BCUT2D eigenvalue weighted by Gasteiger charge is 1.79. The van der Waals surface area contributed by atoms with Crippen molar-refractivity contribution in [1.29, 1.82) is 0 Å². The molecule has 0 radical (unpaired) electrons. The lowest BCUT2D eigenvalue weighted by atomic mass is 10.2. The van der Waals surface area contributed by atoms with Gasteiger partial charge in [0.2, 0.25) is 0 Å². The second-order valence-electron chi connectivity index (χ2n) is 1.53. The van der Waals surface area contributed by atoms with Crippen LogP contribution in [0.25, 0.3) is 0 Å². The fourth-order valence-electron chi connectivity index (χ4n) is 0.532. The summed E-state index contributed by atoms with van der Waals surface area (Å²) in [6, 6.07) is 9.10. The molecular formula is C13H24O. The summed E-state index contributed by atoms with van der Waals surface area (Å²) in [7, 11) is 0. The topological polar surface area (TPSA) is 17.1 Å². The molecular weight excluding hydrogens is 172 g/mol. The van der Waals surface area contributed by atoms with Crippen LogP contribution in [0.3, 0.4) is 0 Å². The minimum absolute atomic E-state index is 0.729. The molecule has 14 heavy (non-hydrogen) atoms. The first-order chi connectivity index (χ1) is 6.93. The first kappa shape index (κ1) is 18.6. The maximum absolute atomic E-state index is 10.0. The molecule has 0 N–H and O–H groups in total. The average Bonchev–Trinajstić information content (AvgIpc) is 2.37. The number of carbonyl (C=O) groups is 1. The van der Waals surface area contributed by atoms with E-state index in [-0.39, 0.29) is 0 Å². The van der Waals surface area contributed by atoms with Crippen LogP contribution in [-0.4, -0.2) is 6.29 Å². The molecule has 1 aromatic carbocycles. The number of rotatable bonds is 1. The van der Waals surface area contributed by atoms with Gasteiger partial charge < -0.3 is 0 Å². The van der Waals surface area contributed by atoms with Crippen molar-refractivity contribution in [3.63, 3.8) is 0 Å². The zero-order chi connectivity index (χ0) is 11.8. The van der Waals surface area contributed by atoms with E-state index in [0.717, 1.165) is 11.8 Å². The summed E-state index contributed by atoms with van der Waals surface area (Å²) >= 11 is 0. The molecule has 0 spiro atoms. The maximum atomic E-state index is 10.0. The molecule has 1 heteroatoms.